The van der Waals surface area contributed by atoms with E-state index in [1.54, 1.807) is 7.11 Å². The zero-order chi connectivity index (χ0) is 14.5. The highest BCUT2D eigenvalue weighted by molar-refractivity contribution is 5.78. The fourth-order valence-corrected chi connectivity index (χ4v) is 2.69. The minimum absolute atomic E-state index is 0.247. The summed E-state index contributed by atoms with van der Waals surface area (Å²) in [5.41, 5.74) is 2.32. The van der Waals surface area contributed by atoms with Crippen molar-refractivity contribution < 1.29 is 9.53 Å². The van der Waals surface area contributed by atoms with Gasteiger partial charge in [-0.05, 0) is 37.6 Å². The summed E-state index contributed by atoms with van der Waals surface area (Å²) in [7, 11) is 1.68. The van der Waals surface area contributed by atoms with Crippen LogP contribution in [0.25, 0.3) is 0 Å². The van der Waals surface area contributed by atoms with Crippen molar-refractivity contribution in [1.29, 1.82) is 0 Å². The molecule has 20 heavy (non-hydrogen) atoms. The normalized spacial score (nSPS) is 16.6. The Kier molecular flexibility index (Phi) is 5.01. The third-order valence-electron chi connectivity index (χ3n) is 3.85. The molecule has 1 fully saturated rings. The molecule has 1 N–H and O–H groups in total. The summed E-state index contributed by atoms with van der Waals surface area (Å²) in [6.45, 7) is 6.69. The van der Waals surface area contributed by atoms with E-state index in [-0.39, 0.29) is 5.91 Å². The topological polar surface area (TPSA) is 41.6 Å². The van der Waals surface area contributed by atoms with Crippen LogP contribution in [-0.4, -0.2) is 31.0 Å². The fraction of sp³-hybridized carbons (Fsp3) is 0.562. The van der Waals surface area contributed by atoms with Gasteiger partial charge >= 0.3 is 0 Å². The van der Waals surface area contributed by atoms with Crippen molar-refractivity contribution in [3.63, 3.8) is 0 Å². The van der Waals surface area contributed by atoms with Crippen LogP contribution in [0.2, 0.25) is 0 Å². The number of hydrogen-bond donors (Lipinski definition) is 1. The van der Waals surface area contributed by atoms with Crippen molar-refractivity contribution >= 4 is 5.91 Å². The summed E-state index contributed by atoms with van der Waals surface area (Å²) in [6.07, 6.45) is 1.64. The summed E-state index contributed by atoms with van der Waals surface area (Å²) in [5.74, 6) is 1.11. The molecule has 110 valence electrons. The number of nitrogens with one attached hydrogen (secondary N) is 1. The smallest absolute Gasteiger partial charge is 0.222 e. The van der Waals surface area contributed by atoms with E-state index >= 15 is 0 Å². The van der Waals surface area contributed by atoms with E-state index in [4.69, 9.17) is 4.74 Å². The molecular weight excluding hydrogens is 252 g/mol. The van der Waals surface area contributed by atoms with Gasteiger partial charge in [0.15, 0.2) is 0 Å². The number of benzene rings is 1. The van der Waals surface area contributed by atoms with Gasteiger partial charge in [-0.15, -0.1) is 0 Å². The predicted octanol–water partition coefficient (Wildman–Crippen LogP) is 2.49. The number of carbonyl (C=O) groups is 1. The van der Waals surface area contributed by atoms with Gasteiger partial charge in [-0.25, -0.2) is 0 Å². The van der Waals surface area contributed by atoms with Gasteiger partial charge in [0.2, 0.25) is 5.91 Å². The standard InChI is InChI=1S/C16H24N2O2/c1-4-17-12(2)13-7-8-15(20-3)14(10-13)11-18-9-5-6-16(18)19/h7-8,10,12,17H,4-6,9,11H2,1-3H3. The molecule has 0 spiro atoms. The Morgan fingerprint density at radius 2 is 2.25 bits per heavy atom. The number of methoxy groups -OCH3 is 1. The predicted molar refractivity (Wildman–Crippen MR) is 79.7 cm³/mol. The Bertz CT molecular complexity index is 474. The van der Waals surface area contributed by atoms with Gasteiger partial charge in [0.05, 0.1) is 7.11 Å². The highest BCUT2D eigenvalue weighted by Gasteiger charge is 2.21. The number of rotatable bonds is 6. The number of hydrogen-bond acceptors (Lipinski definition) is 3. The molecule has 4 nitrogen and oxygen atoms in total. The van der Waals surface area contributed by atoms with Gasteiger partial charge in [-0.2, -0.15) is 0 Å². The maximum absolute atomic E-state index is 11.8. The zero-order valence-corrected chi connectivity index (χ0v) is 12.6. The SMILES string of the molecule is CCNC(C)c1ccc(OC)c(CN2CCCC2=O)c1. The van der Waals surface area contributed by atoms with Crippen molar-refractivity contribution in [3.05, 3.63) is 29.3 Å². The summed E-state index contributed by atoms with van der Waals surface area (Å²) >= 11 is 0. The van der Waals surface area contributed by atoms with Crippen LogP contribution in [0.3, 0.4) is 0 Å². The van der Waals surface area contributed by atoms with Crippen LogP contribution in [0.15, 0.2) is 18.2 Å². The maximum atomic E-state index is 11.8. The number of likely N-dealkylation sites (tertiary alicyclic amines) is 1. The Morgan fingerprint density at radius 3 is 2.85 bits per heavy atom. The highest BCUT2D eigenvalue weighted by Crippen LogP contribution is 2.26. The molecule has 1 amide bonds. The largest absolute Gasteiger partial charge is 0.496 e. The van der Waals surface area contributed by atoms with Crippen LogP contribution < -0.4 is 10.1 Å². The molecule has 0 bridgehead atoms. The first kappa shape index (κ1) is 14.9. The maximum Gasteiger partial charge on any atom is 0.222 e. The number of ether oxygens (including phenoxy) is 1. The Morgan fingerprint density at radius 1 is 1.45 bits per heavy atom. The van der Waals surface area contributed by atoms with Crippen molar-refractivity contribution in [2.45, 2.75) is 39.3 Å². The summed E-state index contributed by atoms with van der Waals surface area (Å²) in [5, 5.41) is 3.41. The lowest BCUT2D eigenvalue weighted by molar-refractivity contribution is -0.128. The second kappa shape index (κ2) is 6.75. The molecule has 1 unspecified atom stereocenters. The van der Waals surface area contributed by atoms with E-state index in [1.165, 1.54) is 5.56 Å². The van der Waals surface area contributed by atoms with E-state index < -0.39 is 0 Å². The fourth-order valence-electron chi connectivity index (χ4n) is 2.69. The average molecular weight is 276 g/mol. The van der Waals surface area contributed by atoms with Gasteiger partial charge in [-0.3, -0.25) is 4.79 Å². The lowest BCUT2D eigenvalue weighted by Crippen LogP contribution is -2.24. The number of amides is 1. The second-order valence-electron chi connectivity index (χ2n) is 5.27. The van der Waals surface area contributed by atoms with Crippen molar-refractivity contribution in [2.24, 2.45) is 0 Å². The lowest BCUT2D eigenvalue weighted by Gasteiger charge is -2.20. The Labute approximate surface area is 121 Å². The second-order valence-corrected chi connectivity index (χ2v) is 5.27. The van der Waals surface area contributed by atoms with E-state index in [0.717, 1.165) is 30.8 Å². The van der Waals surface area contributed by atoms with Crippen LogP contribution in [0, 0.1) is 0 Å². The van der Waals surface area contributed by atoms with Crippen LogP contribution in [0.1, 0.15) is 43.9 Å². The van der Waals surface area contributed by atoms with Gasteiger partial charge in [0.25, 0.3) is 0 Å². The van der Waals surface area contributed by atoms with Crippen LogP contribution in [0.5, 0.6) is 5.75 Å². The molecule has 2 rings (SSSR count). The molecule has 1 saturated heterocycles. The molecule has 1 aromatic carbocycles. The van der Waals surface area contributed by atoms with E-state index in [0.29, 0.717) is 19.0 Å². The van der Waals surface area contributed by atoms with E-state index in [2.05, 4.69) is 31.3 Å². The van der Waals surface area contributed by atoms with Crippen molar-refractivity contribution in [1.82, 2.24) is 10.2 Å². The summed E-state index contributed by atoms with van der Waals surface area (Å²) in [6, 6.07) is 6.54. The first-order valence-corrected chi connectivity index (χ1v) is 7.33. The first-order valence-electron chi connectivity index (χ1n) is 7.33. The van der Waals surface area contributed by atoms with Crippen LogP contribution in [0.4, 0.5) is 0 Å². The molecule has 1 aromatic rings. The minimum atomic E-state index is 0.247. The van der Waals surface area contributed by atoms with Crippen LogP contribution in [-0.2, 0) is 11.3 Å². The van der Waals surface area contributed by atoms with Gasteiger partial charge in [-0.1, -0.05) is 13.0 Å². The molecule has 1 heterocycles. The lowest BCUT2D eigenvalue weighted by atomic mass is 10.0. The van der Waals surface area contributed by atoms with Crippen LogP contribution >= 0.6 is 0 Å². The average Bonchev–Trinajstić information content (AvgIpc) is 2.84. The third kappa shape index (κ3) is 3.31. The quantitative estimate of drug-likeness (QED) is 0.868. The molecule has 1 atom stereocenters. The Balaban J connectivity index is 2.20. The summed E-state index contributed by atoms with van der Waals surface area (Å²) < 4.78 is 5.43. The van der Waals surface area contributed by atoms with Gasteiger partial charge < -0.3 is 15.0 Å². The van der Waals surface area contributed by atoms with Crippen molar-refractivity contribution in [2.75, 3.05) is 20.2 Å². The molecule has 4 heteroatoms. The number of carbonyl (C=O) groups excluding carboxylic acids is 1. The number of nitrogens with zero attached hydrogens (tertiary/aromatic N) is 1. The molecule has 1 aliphatic heterocycles. The minimum Gasteiger partial charge on any atom is -0.496 e. The Hall–Kier alpha value is -1.55. The highest BCUT2D eigenvalue weighted by atomic mass is 16.5. The van der Waals surface area contributed by atoms with Crippen molar-refractivity contribution in [3.8, 4) is 5.75 Å². The monoisotopic (exact) mass is 276 g/mol. The molecule has 0 radical (unpaired) electrons. The third-order valence-corrected chi connectivity index (χ3v) is 3.85. The van der Waals surface area contributed by atoms with E-state index in [9.17, 15) is 4.79 Å². The molecule has 0 saturated carbocycles. The molecular formula is C16H24N2O2. The first-order chi connectivity index (χ1) is 9.65. The zero-order valence-electron chi connectivity index (χ0n) is 12.6. The molecule has 1 aliphatic rings. The molecule has 0 aliphatic carbocycles. The van der Waals surface area contributed by atoms with Gasteiger partial charge in [0.1, 0.15) is 5.75 Å². The van der Waals surface area contributed by atoms with Gasteiger partial charge in [0, 0.05) is 31.1 Å². The molecule has 0 aromatic heterocycles. The van der Waals surface area contributed by atoms with E-state index in [1.807, 2.05) is 11.0 Å². The summed E-state index contributed by atoms with van der Waals surface area (Å²) in [4.78, 5) is 13.7.